The van der Waals surface area contributed by atoms with Crippen LogP contribution in [0, 0.1) is 6.92 Å². The molecule has 0 bridgehead atoms. The Kier molecular flexibility index (Phi) is 3.96. The Hall–Kier alpha value is -2.74. The minimum atomic E-state index is -0.338. The zero-order valence-corrected chi connectivity index (χ0v) is 14.6. The van der Waals surface area contributed by atoms with Gasteiger partial charge < -0.3 is 13.4 Å². The van der Waals surface area contributed by atoms with Crippen molar-refractivity contribution in [1.29, 1.82) is 0 Å². The number of thioether (sulfide) groups is 1. The van der Waals surface area contributed by atoms with E-state index in [-0.39, 0.29) is 5.76 Å². The second-order valence-corrected chi connectivity index (χ2v) is 6.65. The molecular weight excluding hydrogens is 340 g/mol. The minimum absolute atomic E-state index is 0.338. The van der Waals surface area contributed by atoms with Gasteiger partial charge in [-0.1, -0.05) is 23.9 Å². The molecule has 0 saturated heterocycles. The zero-order chi connectivity index (χ0) is 17.4. The van der Waals surface area contributed by atoms with E-state index >= 15 is 0 Å². The molecule has 0 aliphatic heterocycles. The van der Waals surface area contributed by atoms with Crippen molar-refractivity contribution in [2.75, 3.05) is 5.75 Å². The van der Waals surface area contributed by atoms with Gasteiger partial charge in [0.25, 0.3) is 0 Å². The Morgan fingerprint density at radius 2 is 2.04 bits per heavy atom. The molecule has 0 aliphatic carbocycles. The normalized spacial score (nSPS) is 11.4. The van der Waals surface area contributed by atoms with E-state index in [1.54, 1.807) is 28.7 Å². The highest BCUT2D eigenvalue weighted by Crippen LogP contribution is 2.26. The number of hydrogen-bond donors (Lipinski definition) is 0. The standard InChI is InChI=1S/C17H16N4O3S/c1-11-12(7-9-23-11)15-18-19-16(20(15)2)25-10-8-21-13-5-3-4-6-14(13)24-17(21)22/h3-7,9H,8,10H2,1-2H3. The van der Waals surface area contributed by atoms with Crippen molar-refractivity contribution >= 4 is 22.9 Å². The maximum Gasteiger partial charge on any atom is 0.419 e. The Labute approximate surface area is 147 Å². The first-order chi connectivity index (χ1) is 12.1. The molecule has 0 saturated carbocycles. The lowest BCUT2D eigenvalue weighted by Crippen LogP contribution is -2.15. The van der Waals surface area contributed by atoms with E-state index in [0.717, 1.165) is 27.8 Å². The van der Waals surface area contributed by atoms with Crippen LogP contribution in [0.15, 0.2) is 55.4 Å². The van der Waals surface area contributed by atoms with Crippen LogP contribution in [0.2, 0.25) is 0 Å². The average Bonchev–Trinajstić information content (AvgIpc) is 3.26. The fourth-order valence-corrected chi connectivity index (χ4v) is 3.58. The van der Waals surface area contributed by atoms with E-state index in [0.29, 0.717) is 17.9 Å². The summed E-state index contributed by atoms with van der Waals surface area (Å²) in [6.45, 7) is 2.43. The van der Waals surface area contributed by atoms with Gasteiger partial charge in [-0.15, -0.1) is 10.2 Å². The van der Waals surface area contributed by atoms with Gasteiger partial charge in [0.15, 0.2) is 16.6 Å². The van der Waals surface area contributed by atoms with E-state index < -0.39 is 0 Å². The van der Waals surface area contributed by atoms with Gasteiger partial charge in [-0.2, -0.15) is 0 Å². The maximum atomic E-state index is 12.0. The lowest BCUT2D eigenvalue weighted by atomic mass is 10.2. The molecular formula is C17H16N4O3S. The van der Waals surface area contributed by atoms with E-state index in [4.69, 9.17) is 8.83 Å². The van der Waals surface area contributed by atoms with Gasteiger partial charge in [-0.25, -0.2) is 4.79 Å². The number of furan rings is 1. The molecule has 1 aromatic carbocycles. The summed E-state index contributed by atoms with van der Waals surface area (Å²) in [4.78, 5) is 12.0. The monoisotopic (exact) mass is 356 g/mol. The molecule has 4 aromatic rings. The van der Waals surface area contributed by atoms with Crippen molar-refractivity contribution < 1.29 is 8.83 Å². The first-order valence-corrected chi connectivity index (χ1v) is 8.79. The Balaban J connectivity index is 1.51. The molecule has 0 aliphatic rings. The number of rotatable bonds is 5. The van der Waals surface area contributed by atoms with Crippen LogP contribution in [0.1, 0.15) is 5.76 Å². The van der Waals surface area contributed by atoms with Gasteiger partial charge in [0.1, 0.15) is 5.76 Å². The molecule has 3 heterocycles. The van der Waals surface area contributed by atoms with Crippen LogP contribution >= 0.6 is 11.8 Å². The second-order valence-electron chi connectivity index (χ2n) is 5.59. The fourth-order valence-electron chi connectivity index (χ4n) is 2.75. The van der Waals surface area contributed by atoms with Crippen molar-refractivity contribution in [3.63, 3.8) is 0 Å². The second kappa shape index (κ2) is 6.29. The third-order valence-electron chi connectivity index (χ3n) is 4.05. The molecule has 4 rings (SSSR count). The Bertz CT molecular complexity index is 1090. The predicted molar refractivity (Wildman–Crippen MR) is 94.6 cm³/mol. The Morgan fingerprint density at radius 3 is 2.84 bits per heavy atom. The Morgan fingerprint density at radius 1 is 1.20 bits per heavy atom. The lowest BCUT2D eigenvalue weighted by Gasteiger charge is -2.04. The van der Waals surface area contributed by atoms with Crippen LogP contribution in [-0.2, 0) is 13.6 Å². The quantitative estimate of drug-likeness (QED) is 0.511. The number of aryl methyl sites for hydroxylation is 2. The van der Waals surface area contributed by atoms with Crippen LogP contribution in [0.4, 0.5) is 0 Å². The summed E-state index contributed by atoms with van der Waals surface area (Å²) in [6.07, 6.45) is 1.64. The number of oxazole rings is 1. The zero-order valence-electron chi connectivity index (χ0n) is 13.8. The number of aromatic nitrogens is 4. The summed E-state index contributed by atoms with van der Waals surface area (Å²) in [5.41, 5.74) is 2.34. The van der Waals surface area contributed by atoms with E-state index in [1.165, 1.54) is 0 Å². The first-order valence-electron chi connectivity index (χ1n) is 7.80. The molecule has 25 heavy (non-hydrogen) atoms. The predicted octanol–water partition coefficient (Wildman–Crippen LogP) is 3.08. The molecule has 0 atom stereocenters. The highest BCUT2D eigenvalue weighted by atomic mass is 32.2. The topological polar surface area (TPSA) is 79.0 Å². The largest absolute Gasteiger partial charge is 0.469 e. The molecule has 7 nitrogen and oxygen atoms in total. The van der Waals surface area contributed by atoms with Gasteiger partial charge in [0.05, 0.1) is 17.3 Å². The molecule has 8 heteroatoms. The minimum Gasteiger partial charge on any atom is -0.469 e. The van der Waals surface area contributed by atoms with Crippen LogP contribution in [0.3, 0.4) is 0 Å². The average molecular weight is 356 g/mol. The highest BCUT2D eigenvalue weighted by molar-refractivity contribution is 7.99. The summed E-state index contributed by atoms with van der Waals surface area (Å²) in [7, 11) is 1.92. The number of para-hydroxylation sites is 2. The summed E-state index contributed by atoms with van der Waals surface area (Å²) in [5.74, 6) is 1.91. The fraction of sp³-hybridized carbons (Fsp3) is 0.235. The summed E-state index contributed by atoms with van der Waals surface area (Å²) in [6, 6.07) is 9.30. The van der Waals surface area contributed by atoms with Crippen LogP contribution < -0.4 is 5.76 Å². The van der Waals surface area contributed by atoms with Crippen LogP contribution in [0.25, 0.3) is 22.5 Å². The number of nitrogens with zero attached hydrogens (tertiary/aromatic N) is 4. The molecule has 0 spiro atoms. The van der Waals surface area contributed by atoms with Gasteiger partial charge in [-0.3, -0.25) is 4.57 Å². The third-order valence-corrected chi connectivity index (χ3v) is 5.05. The lowest BCUT2D eigenvalue weighted by molar-refractivity contribution is 0.514. The van der Waals surface area contributed by atoms with Crippen LogP contribution in [0.5, 0.6) is 0 Å². The van der Waals surface area contributed by atoms with Crippen molar-refractivity contribution in [2.45, 2.75) is 18.6 Å². The summed E-state index contributed by atoms with van der Waals surface area (Å²) < 4.78 is 14.1. The van der Waals surface area contributed by atoms with E-state index in [9.17, 15) is 4.79 Å². The van der Waals surface area contributed by atoms with Gasteiger partial charge in [0, 0.05) is 19.3 Å². The molecule has 0 radical (unpaired) electrons. The van der Waals surface area contributed by atoms with Crippen molar-refractivity contribution in [2.24, 2.45) is 7.05 Å². The maximum absolute atomic E-state index is 12.0. The molecule has 3 aromatic heterocycles. The van der Waals surface area contributed by atoms with Crippen LogP contribution in [-0.4, -0.2) is 25.1 Å². The number of benzene rings is 1. The molecule has 0 unspecified atom stereocenters. The number of hydrogen-bond acceptors (Lipinski definition) is 6. The highest BCUT2D eigenvalue weighted by Gasteiger charge is 2.15. The number of fused-ring (bicyclic) bond motifs is 1. The molecule has 128 valence electrons. The van der Waals surface area contributed by atoms with Crippen molar-refractivity contribution in [1.82, 2.24) is 19.3 Å². The first kappa shape index (κ1) is 15.8. The van der Waals surface area contributed by atoms with Crippen molar-refractivity contribution in [3.05, 3.63) is 52.9 Å². The smallest absolute Gasteiger partial charge is 0.419 e. The van der Waals surface area contributed by atoms with Gasteiger partial charge >= 0.3 is 5.76 Å². The van der Waals surface area contributed by atoms with Crippen molar-refractivity contribution in [3.8, 4) is 11.4 Å². The molecule has 0 fully saturated rings. The summed E-state index contributed by atoms with van der Waals surface area (Å²) >= 11 is 1.54. The van der Waals surface area contributed by atoms with E-state index in [2.05, 4.69) is 10.2 Å². The third kappa shape index (κ3) is 2.78. The van der Waals surface area contributed by atoms with E-state index in [1.807, 2.05) is 42.8 Å². The SMILES string of the molecule is Cc1occc1-c1nnc(SCCn2c(=O)oc3ccccc32)n1C. The molecule has 0 N–H and O–H groups in total. The summed E-state index contributed by atoms with van der Waals surface area (Å²) in [5, 5.41) is 9.28. The molecule has 0 amide bonds. The van der Waals surface area contributed by atoms with Gasteiger partial charge in [-0.05, 0) is 25.1 Å². The van der Waals surface area contributed by atoms with Gasteiger partial charge in [0.2, 0.25) is 0 Å².